The summed E-state index contributed by atoms with van der Waals surface area (Å²) < 4.78 is 6.46. The Kier molecular flexibility index (Phi) is 4.33. The van der Waals surface area contributed by atoms with Crippen molar-refractivity contribution in [2.24, 2.45) is 0 Å². The molecule has 1 heterocycles. The Hall–Kier alpha value is -0.260. The summed E-state index contributed by atoms with van der Waals surface area (Å²) >= 11 is 10.5. The summed E-state index contributed by atoms with van der Waals surface area (Å²) in [4.78, 5) is 0. The first-order valence-electron chi connectivity index (χ1n) is 5.14. The monoisotopic (exact) mass is 378 g/mol. The normalized spacial score (nSPS) is 12.5. The first-order valence-corrected chi connectivity index (χ1v) is 7.54. The largest absolute Gasteiger partial charge is 0.497 e. The first kappa shape index (κ1) is 13.2. The fourth-order valence-electron chi connectivity index (χ4n) is 1.70. The van der Waals surface area contributed by atoms with Gasteiger partial charge in [-0.1, -0.05) is 6.07 Å². The van der Waals surface area contributed by atoms with Crippen molar-refractivity contribution < 1.29 is 4.74 Å². The molecule has 90 valence electrons. The number of ether oxygens (including phenoxy) is 1. The van der Waals surface area contributed by atoms with Gasteiger partial charge in [0.15, 0.2) is 0 Å². The SMILES string of the molecule is COc1ccc(C(Cl)c2csc(I)c2)c(C)c1. The molecule has 0 saturated heterocycles. The van der Waals surface area contributed by atoms with Crippen molar-refractivity contribution in [3.8, 4) is 5.75 Å². The number of hydrogen-bond acceptors (Lipinski definition) is 2. The Balaban J connectivity index is 2.34. The maximum Gasteiger partial charge on any atom is 0.119 e. The van der Waals surface area contributed by atoms with Crippen LogP contribution >= 0.6 is 45.5 Å². The lowest BCUT2D eigenvalue weighted by Crippen LogP contribution is -1.95. The first-order chi connectivity index (χ1) is 8.11. The Morgan fingerprint density at radius 3 is 2.65 bits per heavy atom. The molecule has 2 aromatic rings. The van der Waals surface area contributed by atoms with E-state index in [2.05, 4.69) is 41.0 Å². The number of thiophene rings is 1. The molecule has 0 bridgehead atoms. The molecule has 0 saturated carbocycles. The standard InChI is InChI=1S/C13H12ClIOS/c1-8-5-10(16-2)3-4-11(8)13(14)9-6-12(15)17-7-9/h3-7,13H,1-2H3. The van der Waals surface area contributed by atoms with Gasteiger partial charge in [0, 0.05) is 0 Å². The van der Waals surface area contributed by atoms with Crippen molar-refractivity contribution in [1.82, 2.24) is 0 Å². The number of rotatable bonds is 3. The van der Waals surface area contributed by atoms with E-state index in [9.17, 15) is 0 Å². The van der Waals surface area contributed by atoms with Gasteiger partial charge in [-0.3, -0.25) is 0 Å². The van der Waals surface area contributed by atoms with Gasteiger partial charge in [-0.25, -0.2) is 0 Å². The lowest BCUT2D eigenvalue weighted by molar-refractivity contribution is 0.414. The van der Waals surface area contributed by atoms with Crippen LogP contribution in [-0.4, -0.2) is 7.11 Å². The molecule has 1 aromatic carbocycles. The lowest BCUT2D eigenvalue weighted by Gasteiger charge is -2.12. The average Bonchev–Trinajstić information content (AvgIpc) is 2.75. The second-order valence-corrected chi connectivity index (χ2v) is 7.01. The second-order valence-electron chi connectivity index (χ2n) is 3.77. The minimum Gasteiger partial charge on any atom is -0.497 e. The molecule has 0 spiro atoms. The molecular formula is C13H12ClIOS. The van der Waals surface area contributed by atoms with Gasteiger partial charge in [-0.2, -0.15) is 0 Å². The number of methoxy groups -OCH3 is 1. The van der Waals surface area contributed by atoms with E-state index < -0.39 is 0 Å². The highest BCUT2D eigenvalue weighted by atomic mass is 127. The molecule has 2 rings (SSSR count). The topological polar surface area (TPSA) is 9.23 Å². The highest BCUT2D eigenvalue weighted by molar-refractivity contribution is 14.1. The Bertz CT molecular complexity index is 524. The summed E-state index contributed by atoms with van der Waals surface area (Å²) in [6.45, 7) is 2.06. The van der Waals surface area contributed by atoms with Gasteiger partial charge in [0.1, 0.15) is 5.75 Å². The predicted octanol–water partition coefficient (Wildman–Crippen LogP) is 5.00. The minimum absolute atomic E-state index is 0.0827. The van der Waals surface area contributed by atoms with Crippen LogP contribution < -0.4 is 4.74 Å². The minimum atomic E-state index is -0.0827. The predicted molar refractivity (Wildman–Crippen MR) is 82.5 cm³/mol. The highest BCUT2D eigenvalue weighted by Crippen LogP contribution is 2.35. The average molecular weight is 379 g/mol. The fourth-order valence-corrected chi connectivity index (χ4v) is 3.54. The van der Waals surface area contributed by atoms with Gasteiger partial charge < -0.3 is 4.74 Å². The molecule has 0 radical (unpaired) electrons. The van der Waals surface area contributed by atoms with E-state index in [1.165, 1.54) is 2.88 Å². The smallest absolute Gasteiger partial charge is 0.119 e. The van der Waals surface area contributed by atoms with Crippen molar-refractivity contribution in [2.45, 2.75) is 12.3 Å². The number of alkyl halides is 1. The molecule has 0 aliphatic heterocycles. The number of halogens is 2. The van der Waals surface area contributed by atoms with Crippen molar-refractivity contribution in [1.29, 1.82) is 0 Å². The van der Waals surface area contributed by atoms with Crippen LogP contribution in [0.25, 0.3) is 0 Å². The Morgan fingerprint density at radius 2 is 2.12 bits per heavy atom. The second kappa shape index (κ2) is 5.59. The third kappa shape index (κ3) is 2.95. The third-order valence-electron chi connectivity index (χ3n) is 2.63. The van der Waals surface area contributed by atoms with Gasteiger partial charge >= 0.3 is 0 Å². The van der Waals surface area contributed by atoms with E-state index in [0.29, 0.717) is 0 Å². The third-order valence-corrected chi connectivity index (χ3v) is 4.92. The lowest BCUT2D eigenvalue weighted by atomic mass is 10.0. The van der Waals surface area contributed by atoms with Crippen LogP contribution in [0.4, 0.5) is 0 Å². The number of aryl methyl sites for hydroxylation is 1. The van der Waals surface area contributed by atoms with Gasteiger partial charge in [-0.15, -0.1) is 22.9 Å². The van der Waals surface area contributed by atoms with E-state index in [4.69, 9.17) is 16.3 Å². The van der Waals surface area contributed by atoms with Crippen molar-refractivity contribution >= 4 is 45.5 Å². The molecule has 1 unspecified atom stereocenters. The molecular weight excluding hydrogens is 367 g/mol. The van der Waals surface area contributed by atoms with Crippen LogP contribution in [0, 0.1) is 9.81 Å². The Morgan fingerprint density at radius 1 is 1.35 bits per heavy atom. The summed E-state index contributed by atoms with van der Waals surface area (Å²) in [5.74, 6) is 0.870. The van der Waals surface area contributed by atoms with Crippen LogP contribution in [0.5, 0.6) is 5.75 Å². The molecule has 0 amide bonds. The summed E-state index contributed by atoms with van der Waals surface area (Å²) in [5.41, 5.74) is 3.46. The summed E-state index contributed by atoms with van der Waals surface area (Å²) in [6.07, 6.45) is 0. The zero-order valence-corrected chi connectivity index (χ0v) is 13.3. The summed E-state index contributed by atoms with van der Waals surface area (Å²) in [7, 11) is 1.67. The zero-order chi connectivity index (χ0) is 12.4. The van der Waals surface area contributed by atoms with Crippen molar-refractivity contribution in [3.05, 3.63) is 49.2 Å². The van der Waals surface area contributed by atoms with E-state index in [0.717, 1.165) is 22.4 Å². The molecule has 0 fully saturated rings. The molecule has 17 heavy (non-hydrogen) atoms. The number of benzene rings is 1. The quantitative estimate of drug-likeness (QED) is 0.539. The van der Waals surface area contributed by atoms with Crippen LogP contribution in [0.1, 0.15) is 22.1 Å². The van der Waals surface area contributed by atoms with E-state index in [1.807, 2.05) is 18.2 Å². The molecule has 0 aliphatic carbocycles. The van der Waals surface area contributed by atoms with Gasteiger partial charge in [0.05, 0.1) is 15.4 Å². The van der Waals surface area contributed by atoms with E-state index in [-0.39, 0.29) is 5.38 Å². The molecule has 1 aromatic heterocycles. The van der Waals surface area contributed by atoms with Crippen LogP contribution in [0.3, 0.4) is 0 Å². The van der Waals surface area contributed by atoms with Gasteiger partial charge in [0.25, 0.3) is 0 Å². The summed E-state index contributed by atoms with van der Waals surface area (Å²) in [6, 6.07) is 8.14. The van der Waals surface area contributed by atoms with Crippen LogP contribution in [-0.2, 0) is 0 Å². The maximum absolute atomic E-state index is 6.51. The fraction of sp³-hybridized carbons (Fsp3) is 0.231. The van der Waals surface area contributed by atoms with E-state index in [1.54, 1.807) is 18.4 Å². The van der Waals surface area contributed by atoms with Crippen molar-refractivity contribution in [3.63, 3.8) is 0 Å². The zero-order valence-electron chi connectivity index (χ0n) is 9.54. The molecule has 0 N–H and O–H groups in total. The summed E-state index contributed by atoms with van der Waals surface area (Å²) in [5, 5.41) is 2.03. The Labute approximate surface area is 124 Å². The molecule has 1 atom stereocenters. The molecule has 0 aliphatic rings. The van der Waals surface area contributed by atoms with Crippen LogP contribution in [0.15, 0.2) is 29.6 Å². The van der Waals surface area contributed by atoms with Crippen molar-refractivity contribution in [2.75, 3.05) is 7.11 Å². The van der Waals surface area contributed by atoms with E-state index >= 15 is 0 Å². The molecule has 4 heteroatoms. The van der Waals surface area contributed by atoms with Crippen LogP contribution in [0.2, 0.25) is 0 Å². The number of hydrogen-bond donors (Lipinski definition) is 0. The van der Waals surface area contributed by atoms with Gasteiger partial charge in [0.2, 0.25) is 0 Å². The van der Waals surface area contributed by atoms with Gasteiger partial charge in [-0.05, 0) is 69.8 Å². The molecule has 1 nitrogen and oxygen atoms in total. The highest BCUT2D eigenvalue weighted by Gasteiger charge is 2.15. The maximum atomic E-state index is 6.51.